The number of amides is 1. The fraction of sp³-hybridized carbons (Fsp3) is 0.533. The van der Waals surface area contributed by atoms with Crippen LogP contribution in [0, 0.1) is 0 Å². The first-order valence-corrected chi connectivity index (χ1v) is 7.60. The zero-order valence-electron chi connectivity index (χ0n) is 12.4. The lowest BCUT2D eigenvalue weighted by Crippen LogP contribution is -2.23. The number of hydrogen-bond donors (Lipinski definition) is 3. The van der Waals surface area contributed by atoms with Crippen molar-refractivity contribution in [2.45, 2.75) is 25.3 Å². The second-order valence-corrected chi connectivity index (χ2v) is 5.71. The molecule has 5 nitrogen and oxygen atoms in total. The Morgan fingerprint density at radius 1 is 1.38 bits per heavy atom. The summed E-state index contributed by atoms with van der Waals surface area (Å²) in [6.45, 7) is 1.10. The van der Waals surface area contributed by atoms with Crippen molar-refractivity contribution in [3.8, 4) is 0 Å². The van der Waals surface area contributed by atoms with Gasteiger partial charge in [0.2, 0.25) is 5.91 Å². The molecule has 1 atom stereocenters. The quantitative estimate of drug-likeness (QED) is 0.675. The van der Waals surface area contributed by atoms with Gasteiger partial charge >= 0.3 is 0 Å². The van der Waals surface area contributed by atoms with Crippen LogP contribution in [0.1, 0.15) is 30.9 Å². The smallest absolute Gasteiger partial charge is 0.246 e. The van der Waals surface area contributed by atoms with Crippen LogP contribution in [0.15, 0.2) is 12.1 Å². The molecule has 1 amide bonds. The van der Waals surface area contributed by atoms with Crippen molar-refractivity contribution in [2.75, 3.05) is 37.5 Å². The number of unbranched alkanes of at least 4 members (excludes halogenated alkanes) is 2. The fourth-order valence-electron chi connectivity index (χ4n) is 2.61. The van der Waals surface area contributed by atoms with Gasteiger partial charge in [-0.1, -0.05) is 11.6 Å². The number of hydrogen-bond acceptors (Lipinski definition) is 4. The Morgan fingerprint density at radius 3 is 2.81 bits per heavy atom. The van der Waals surface area contributed by atoms with Crippen molar-refractivity contribution in [3.05, 3.63) is 22.7 Å². The minimum Gasteiger partial charge on any atom is -0.396 e. The van der Waals surface area contributed by atoms with Crippen LogP contribution in [0.5, 0.6) is 0 Å². The molecule has 1 unspecified atom stereocenters. The third-order valence-corrected chi connectivity index (χ3v) is 4.10. The van der Waals surface area contributed by atoms with Crippen molar-refractivity contribution in [3.63, 3.8) is 0 Å². The number of carbonyl (C=O) groups excluding carboxylic acids is 1. The highest BCUT2D eigenvalue weighted by Crippen LogP contribution is 2.38. The van der Waals surface area contributed by atoms with E-state index in [2.05, 4.69) is 15.5 Å². The van der Waals surface area contributed by atoms with Crippen LogP contribution >= 0.6 is 11.6 Å². The highest BCUT2D eigenvalue weighted by molar-refractivity contribution is 6.33. The maximum absolute atomic E-state index is 11.8. The topological polar surface area (TPSA) is 64.6 Å². The number of carbonyl (C=O) groups is 1. The molecular formula is C15H22ClN3O2. The minimum absolute atomic E-state index is 0.0497. The molecule has 0 saturated heterocycles. The van der Waals surface area contributed by atoms with Crippen molar-refractivity contribution in [1.29, 1.82) is 0 Å². The third kappa shape index (κ3) is 3.48. The van der Waals surface area contributed by atoms with Crippen molar-refractivity contribution < 1.29 is 9.90 Å². The summed E-state index contributed by atoms with van der Waals surface area (Å²) in [5, 5.41) is 15.3. The average Bonchev–Trinajstić information content (AvgIpc) is 2.76. The molecule has 0 saturated carbocycles. The Morgan fingerprint density at radius 2 is 2.14 bits per heavy atom. The summed E-state index contributed by atoms with van der Waals surface area (Å²) in [7, 11) is 3.74. The fourth-order valence-corrected chi connectivity index (χ4v) is 2.92. The monoisotopic (exact) mass is 311 g/mol. The summed E-state index contributed by atoms with van der Waals surface area (Å²) in [6, 6.07) is 3.45. The Kier molecular flexibility index (Phi) is 5.45. The van der Waals surface area contributed by atoms with Crippen LogP contribution in [0.2, 0.25) is 5.02 Å². The molecule has 116 valence electrons. The summed E-state index contributed by atoms with van der Waals surface area (Å²) >= 11 is 6.36. The molecule has 0 spiro atoms. The third-order valence-electron chi connectivity index (χ3n) is 3.80. The zero-order chi connectivity index (χ0) is 15.4. The number of rotatable bonds is 7. The number of likely N-dealkylation sites (N-methyl/N-ethyl adjacent to an activating group) is 1. The van der Waals surface area contributed by atoms with Gasteiger partial charge in [-0.05, 0) is 38.4 Å². The Balaban J connectivity index is 2.12. The predicted octanol–water partition coefficient (Wildman–Crippen LogP) is 2.15. The number of halogens is 1. The summed E-state index contributed by atoms with van der Waals surface area (Å²) in [6.07, 6.45) is 2.81. The largest absolute Gasteiger partial charge is 0.396 e. The molecule has 0 radical (unpaired) electrons. The molecule has 1 heterocycles. The molecule has 1 aliphatic rings. The van der Waals surface area contributed by atoms with E-state index in [4.69, 9.17) is 16.7 Å². The van der Waals surface area contributed by atoms with E-state index in [-0.39, 0.29) is 18.6 Å². The van der Waals surface area contributed by atoms with Gasteiger partial charge in [0.25, 0.3) is 0 Å². The first-order chi connectivity index (χ1) is 10.1. The number of nitrogens with zero attached hydrogens (tertiary/aromatic N) is 1. The molecule has 3 N–H and O–H groups in total. The minimum atomic E-state index is -0.332. The van der Waals surface area contributed by atoms with Crippen LogP contribution in [-0.2, 0) is 4.79 Å². The normalized spacial score (nSPS) is 16.8. The molecule has 1 aromatic carbocycles. The summed E-state index contributed by atoms with van der Waals surface area (Å²) in [4.78, 5) is 13.9. The van der Waals surface area contributed by atoms with Crippen LogP contribution in [0.3, 0.4) is 0 Å². The molecule has 21 heavy (non-hydrogen) atoms. The summed E-state index contributed by atoms with van der Waals surface area (Å²) < 4.78 is 0. The van der Waals surface area contributed by atoms with Gasteiger partial charge < -0.3 is 20.6 Å². The maximum atomic E-state index is 11.8. The van der Waals surface area contributed by atoms with E-state index in [0.29, 0.717) is 5.02 Å². The average molecular weight is 312 g/mol. The second-order valence-electron chi connectivity index (χ2n) is 5.31. The SMILES string of the molecule is CNC1C(=O)Nc2cc(N(C)CCCCCO)c(Cl)cc21. The van der Waals surface area contributed by atoms with Gasteiger partial charge in [-0.25, -0.2) is 0 Å². The van der Waals surface area contributed by atoms with Crippen molar-refractivity contribution in [1.82, 2.24) is 5.32 Å². The standard InChI is InChI=1S/C15H22ClN3O2/c1-17-14-10-8-11(16)13(9-12(10)18-15(14)21)19(2)6-4-3-5-7-20/h8-9,14,17,20H,3-7H2,1-2H3,(H,18,21). The molecule has 0 fully saturated rings. The Hall–Kier alpha value is -1.30. The molecule has 0 bridgehead atoms. The molecule has 1 aromatic rings. The van der Waals surface area contributed by atoms with Gasteiger partial charge in [-0.3, -0.25) is 4.79 Å². The van der Waals surface area contributed by atoms with E-state index in [1.165, 1.54) is 0 Å². The van der Waals surface area contributed by atoms with Gasteiger partial charge in [0, 0.05) is 31.5 Å². The van der Waals surface area contributed by atoms with E-state index in [0.717, 1.165) is 42.7 Å². The van der Waals surface area contributed by atoms with Gasteiger partial charge in [0.05, 0.1) is 10.7 Å². The molecule has 1 aliphatic heterocycles. The number of aliphatic hydroxyl groups is 1. The number of aliphatic hydroxyl groups excluding tert-OH is 1. The van der Waals surface area contributed by atoms with Gasteiger partial charge in [-0.15, -0.1) is 0 Å². The molecule has 2 rings (SSSR count). The number of nitrogens with one attached hydrogen (secondary N) is 2. The molecule has 0 aliphatic carbocycles. The van der Waals surface area contributed by atoms with Gasteiger partial charge in [0.15, 0.2) is 0 Å². The lowest BCUT2D eigenvalue weighted by Gasteiger charge is -2.21. The summed E-state index contributed by atoms with van der Waals surface area (Å²) in [5.74, 6) is -0.0497. The van der Waals surface area contributed by atoms with E-state index in [1.54, 1.807) is 7.05 Å². The maximum Gasteiger partial charge on any atom is 0.246 e. The number of fused-ring (bicyclic) bond motifs is 1. The van der Waals surface area contributed by atoms with Crippen molar-refractivity contribution >= 4 is 28.9 Å². The van der Waals surface area contributed by atoms with E-state index in [9.17, 15) is 4.79 Å². The number of anilines is 2. The first-order valence-electron chi connectivity index (χ1n) is 7.22. The van der Waals surface area contributed by atoms with Crippen LogP contribution in [0.25, 0.3) is 0 Å². The lowest BCUT2D eigenvalue weighted by atomic mass is 10.1. The van der Waals surface area contributed by atoms with Gasteiger partial charge in [0.1, 0.15) is 6.04 Å². The second kappa shape index (κ2) is 7.11. The predicted molar refractivity (Wildman–Crippen MR) is 86.1 cm³/mol. The molecular weight excluding hydrogens is 290 g/mol. The summed E-state index contributed by atoms with van der Waals surface area (Å²) in [5.41, 5.74) is 2.63. The van der Waals surface area contributed by atoms with E-state index in [1.807, 2.05) is 19.2 Å². The first kappa shape index (κ1) is 16.1. The zero-order valence-corrected chi connectivity index (χ0v) is 13.2. The van der Waals surface area contributed by atoms with Crippen LogP contribution in [0.4, 0.5) is 11.4 Å². The highest BCUT2D eigenvalue weighted by atomic mass is 35.5. The lowest BCUT2D eigenvalue weighted by molar-refractivity contribution is -0.117. The molecule has 6 heteroatoms. The Bertz CT molecular complexity index is 522. The van der Waals surface area contributed by atoms with E-state index < -0.39 is 0 Å². The van der Waals surface area contributed by atoms with Gasteiger partial charge in [-0.2, -0.15) is 0 Å². The van der Waals surface area contributed by atoms with Crippen molar-refractivity contribution in [2.24, 2.45) is 0 Å². The number of benzene rings is 1. The Labute approximate surface area is 130 Å². The van der Waals surface area contributed by atoms with Crippen LogP contribution in [-0.4, -0.2) is 38.3 Å². The molecule has 0 aromatic heterocycles. The highest BCUT2D eigenvalue weighted by Gasteiger charge is 2.30. The van der Waals surface area contributed by atoms with E-state index >= 15 is 0 Å². The van der Waals surface area contributed by atoms with Crippen LogP contribution < -0.4 is 15.5 Å².